The molecule has 6 heteroatoms. The van der Waals surface area contributed by atoms with E-state index in [0.29, 0.717) is 5.92 Å². The first-order valence-electron chi connectivity index (χ1n) is 8.41. The Morgan fingerprint density at radius 1 is 1.32 bits per heavy atom. The van der Waals surface area contributed by atoms with Crippen molar-refractivity contribution in [1.82, 2.24) is 9.44 Å². The van der Waals surface area contributed by atoms with Gasteiger partial charge in [-0.15, -0.1) is 0 Å². The van der Waals surface area contributed by atoms with Crippen LogP contribution in [-0.2, 0) is 9.47 Å². The number of ether oxygens (including phenoxy) is 2. The van der Waals surface area contributed by atoms with Crippen molar-refractivity contribution >= 4 is 12.1 Å². The Morgan fingerprint density at radius 2 is 2.18 bits per heavy atom. The molecule has 2 aliphatic carbocycles. The number of unbranched alkanes of at least 4 members (excludes halogenated alkanes) is 2. The molecule has 0 amide bonds. The average molecular weight is 330 g/mol. The number of aliphatic hydroxyl groups is 1. The van der Waals surface area contributed by atoms with Crippen LogP contribution in [0.2, 0.25) is 0 Å². The lowest BCUT2D eigenvalue weighted by Crippen LogP contribution is -2.36. The molecule has 1 saturated carbocycles. The van der Waals surface area contributed by atoms with Crippen LogP contribution in [0.3, 0.4) is 0 Å². The SMILES string of the molecule is COC(NSNCCCCCO)OC12CC/C=C\CCC1C2. The van der Waals surface area contributed by atoms with Gasteiger partial charge < -0.3 is 14.6 Å². The first-order valence-corrected chi connectivity index (χ1v) is 9.23. The maximum absolute atomic E-state index is 8.72. The highest BCUT2D eigenvalue weighted by Gasteiger charge is 2.55. The molecule has 128 valence electrons. The van der Waals surface area contributed by atoms with Crippen LogP contribution < -0.4 is 9.44 Å². The van der Waals surface area contributed by atoms with Crippen LogP contribution in [0.4, 0.5) is 0 Å². The van der Waals surface area contributed by atoms with Gasteiger partial charge in [-0.3, -0.25) is 4.72 Å². The molecule has 2 rings (SSSR count). The number of hydrogen-bond donors (Lipinski definition) is 3. The summed E-state index contributed by atoms with van der Waals surface area (Å²) in [5.74, 6) is 0.688. The molecule has 22 heavy (non-hydrogen) atoms. The van der Waals surface area contributed by atoms with Crippen molar-refractivity contribution in [3.63, 3.8) is 0 Å². The zero-order valence-corrected chi connectivity index (χ0v) is 14.4. The van der Waals surface area contributed by atoms with E-state index in [4.69, 9.17) is 14.6 Å². The molecule has 0 radical (unpaired) electrons. The van der Waals surface area contributed by atoms with Gasteiger partial charge in [-0.25, -0.2) is 0 Å². The Labute approximate surface area is 138 Å². The third kappa shape index (κ3) is 5.83. The van der Waals surface area contributed by atoms with Crippen LogP contribution in [0.1, 0.15) is 51.4 Å². The van der Waals surface area contributed by atoms with E-state index in [1.807, 2.05) is 0 Å². The van der Waals surface area contributed by atoms with E-state index in [0.717, 1.165) is 45.1 Å². The highest BCUT2D eigenvalue weighted by atomic mass is 32.2. The summed E-state index contributed by atoms with van der Waals surface area (Å²) >= 11 is 1.43. The molecule has 0 aromatic carbocycles. The van der Waals surface area contributed by atoms with Crippen LogP contribution in [0.5, 0.6) is 0 Å². The van der Waals surface area contributed by atoms with Gasteiger partial charge in [0.05, 0.1) is 5.60 Å². The van der Waals surface area contributed by atoms with E-state index in [2.05, 4.69) is 21.6 Å². The van der Waals surface area contributed by atoms with Crippen LogP contribution in [0, 0.1) is 5.92 Å². The third-order valence-electron chi connectivity index (χ3n) is 4.48. The van der Waals surface area contributed by atoms with Crippen molar-refractivity contribution < 1.29 is 14.6 Å². The van der Waals surface area contributed by atoms with Crippen LogP contribution >= 0.6 is 12.1 Å². The first-order chi connectivity index (χ1) is 10.8. The second kappa shape index (κ2) is 9.90. The summed E-state index contributed by atoms with van der Waals surface area (Å²) in [7, 11) is 1.68. The first kappa shape index (κ1) is 18.2. The summed E-state index contributed by atoms with van der Waals surface area (Å²) in [4.78, 5) is 0. The Bertz CT molecular complexity index is 343. The Hall–Kier alpha value is -0.110. The van der Waals surface area contributed by atoms with Gasteiger partial charge in [0.1, 0.15) is 0 Å². The highest BCUT2D eigenvalue weighted by molar-refractivity contribution is 7.95. The van der Waals surface area contributed by atoms with Gasteiger partial charge in [0, 0.05) is 32.4 Å². The fraction of sp³-hybridized carbons (Fsp3) is 0.875. The number of aliphatic hydroxyl groups excluding tert-OH is 1. The number of rotatable bonds is 11. The van der Waals surface area contributed by atoms with E-state index in [-0.39, 0.29) is 18.6 Å². The van der Waals surface area contributed by atoms with Gasteiger partial charge in [0.2, 0.25) is 6.41 Å². The van der Waals surface area contributed by atoms with Crippen molar-refractivity contribution in [3.05, 3.63) is 12.2 Å². The summed E-state index contributed by atoms with van der Waals surface area (Å²) in [5.41, 5.74) is 0.0279. The Morgan fingerprint density at radius 3 is 3.00 bits per heavy atom. The van der Waals surface area contributed by atoms with Crippen molar-refractivity contribution in [2.45, 2.75) is 63.4 Å². The summed E-state index contributed by atoms with van der Waals surface area (Å²) in [6.45, 7) is 1.19. The van der Waals surface area contributed by atoms with Gasteiger partial charge >= 0.3 is 0 Å². The predicted octanol–water partition coefficient (Wildman–Crippen LogP) is 2.73. The van der Waals surface area contributed by atoms with E-state index >= 15 is 0 Å². The predicted molar refractivity (Wildman–Crippen MR) is 90.0 cm³/mol. The molecule has 0 heterocycles. The number of fused-ring (bicyclic) bond motifs is 1. The molecule has 2 aliphatic rings. The lowest BCUT2D eigenvalue weighted by molar-refractivity contribution is -0.176. The smallest absolute Gasteiger partial charge is 0.226 e. The van der Waals surface area contributed by atoms with Crippen LogP contribution in [0.15, 0.2) is 12.2 Å². The van der Waals surface area contributed by atoms with Gasteiger partial charge in [-0.05, 0) is 57.3 Å². The minimum absolute atomic E-state index is 0.0279. The van der Waals surface area contributed by atoms with Gasteiger partial charge in [-0.1, -0.05) is 12.2 Å². The molecular formula is C16H30N2O3S. The van der Waals surface area contributed by atoms with Crippen molar-refractivity contribution in [1.29, 1.82) is 0 Å². The maximum atomic E-state index is 8.72. The van der Waals surface area contributed by atoms with E-state index in [9.17, 15) is 0 Å². The van der Waals surface area contributed by atoms with Crippen molar-refractivity contribution in [2.24, 2.45) is 5.92 Å². The lowest BCUT2D eigenvalue weighted by Gasteiger charge is -2.25. The number of nitrogens with one attached hydrogen (secondary N) is 2. The Balaban J connectivity index is 1.61. The molecule has 0 aliphatic heterocycles. The molecule has 0 aromatic heterocycles. The maximum Gasteiger partial charge on any atom is 0.226 e. The fourth-order valence-electron chi connectivity index (χ4n) is 3.05. The second-order valence-corrected chi connectivity index (χ2v) is 6.87. The molecular weight excluding hydrogens is 300 g/mol. The zero-order valence-electron chi connectivity index (χ0n) is 13.6. The molecule has 3 atom stereocenters. The van der Waals surface area contributed by atoms with Gasteiger partial charge in [-0.2, -0.15) is 4.72 Å². The average Bonchev–Trinajstić information content (AvgIpc) is 3.17. The molecule has 5 nitrogen and oxygen atoms in total. The minimum Gasteiger partial charge on any atom is -0.396 e. The normalized spacial score (nSPS) is 30.2. The van der Waals surface area contributed by atoms with E-state index in [1.165, 1.54) is 25.0 Å². The summed E-state index contributed by atoms with van der Waals surface area (Å²) in [6.07, 6.45) is 12.9. The van der Waals surface area contributed by atoms with Crippen molar-refractivity contribution in [3.8, 4) is 0 Å². The van der Waals surface area contributed by atoms with Gasteiger partial charge in [0.25, 0.3) is 0 Å². The highest BCUT2D eigenvalue weighted by Crippen LogP contribution is 2.54. The Kier molecular flexibility index (Phi) is 8.21. The fourth-order valence-corrected chi connectivity index (χ4v) is 3.62. The molecule has 1 fully saturated rings. The van der Waals surface area contributed by atoms with E-state index in [1.54, 1.807) is 7.11 Å². The number of allylic oxidation sites excluding steroid dienone is 2. The van der Waals surface area contributed by atoms with E-state index < -0.39 is 0 Å². The third-order valence-corrected chi connectivity index (χ3v) is 5.14. The van der Waals surface area contributed by atoms with Crippen LogP contribution in [-0.4, -0.2) is 37.4 Å². The zero-order chi connectivity index (χ0) is 15.7. The topological polar surface area (TPSA) is 62.8 Å². The summed E-state index contributed by atoms with van der Waals surface area (Å²) in [6, 6.07) is 0. The molecule has 0 spiro atoms. The molecule has 3 N–H and O–H groups in total. The van der Waals surface area contributed by atoms with Crippen molar-refractivity contribution in [2.75, 3.05) is 20.3 Å². The number of methoxy groups -OCH3 is 1. The lowest BCUT2D eigenvalue weighted by atomic mass is 10.0. The molecule has 0 aromatic rings. The quantitative estimate of drug-likeness (QED) is 0.234. The summed E-state index contributed by atoms with van der Waals surface area (Å²) in [5, 5.41) is 8.72. The van der Waals surface area contributed by atoms with Crippen LogP contribution in [0.25, 0.3) is 0 Å². The largest absolute Gasteiger partial charge is 0.396 e. The molecule has 0 bridgehead atoms. The summed E-state index contributed by atoms with van der Waals surface area (Å²) < 4.78 is 18.1. The molecule has 0 saturated heterocycles. The standard InChI is InChI=1S/C16H30N2O3S/c1-20-15(18-22-17-11-7-4-8-12-19)21-16-10-6-3-2-5-9-14(16)13-16/h2-3,14-15,17-19H,4-13H2,1H3/b3-2-. The second-order valence-electron chi connectivity index (χ2n) is 6.14. The number of hydrogen-bond acceptors (Lipinski definition) is 6. The minimum atomic E-state index is -0.372. The molecule has 3 unspecified atom stereocenters. The monoisotopic (exact) mass is 330 g/mol. The van der Waals surface area contributed by atoms with Gasteiger partial charge in [0.15, 0.2) is 0 Å².